The van der Waals surface area contributed by atoms with Gasteiger partial charge in [0.05, 0.1) is 22.4 Å². The van der Waals surface area contributed by atoms with Crippen LogP contribution in [0, 0.1) is 5.92 Å². The molecule has 1 amide bonds. The summed E-state index contributed by atoms with van der Waals surface area (Å²) in [5, 5.41) is 23.8. The van der Waals surface area contributed by atoms with Crippen LogP contribution in [0.3, 0.4) is 0 Å². The summed E-state index contributed by atoms with van der Waals surface area (Å²) in [7, 11) is 0. The second kappa shape index (κ2) is 6.41. The lowest BCUT2D eigenvalue weighted by molar-refractivity contribution is 0.0917. The van der Waals surface area contributed by atoms with Gasteiger partial charge in [-0.15, -0.1) is 5.10 Å². The van der Waals surface area contributed by atoms with Crippen LogP contribution in [-0.4, -0.2) is 43.9 Å². The van der Waals surface area contributed by atoms with E-state index in [-0.39, 0.29) is 17.9 Å². The van der Waals surface area contributed by atoms with Gasteiger partial charge in [0.1, 0.15) is 6.33 Å². The monoisotopic (exact) mass is 321 g/mol. The Balaban J connectivity index is 1.67. The number of amides is 1. The highest BCUT2D eigenvalue weighted by Crippen LogP contribution is 2.25. The maximum atomic E-state index is 12.2. The van der Waals surface area contributed by atoms with Gasteiger partial charge in [0, 0.05) is 12.5 Å². The zero-order valence-corrected chi connectivity index (χ0v) is 12.6. The molecule has 1 aliphatic rings. The number of aliphatic hydroxyl groups is 1. The highest BCUT2D eigenvalue weighted by Gasteiger charge is 2.25. The second-order valence-corrected chi connectivity index (χ2v) is 5.79. The molecule has 2 N–H and O–H groups in total. The van der Waals surface area contributed by atoms with E-state index in [0.717, 1.165) is 19.3 Å². The molecule has 22 heavy (non-hydrogen) atoms. The predicted molar refractivity (Wildman–Crippen MR) is 79.8 cm³/mol. The second-order valence-electron chi connectivity index (χ2n) is 5.39. The van der Waals surface area contributed by atoms with Gasteiger partial charge in [0.25, 0.3) is 5.91 Å². The molecule has 116 valence electrons. The fourth-order valence-corrected chi connectivity index (χ4v) is 2.95. The number of rotatable bonds is 4. The van der Waals surface area contributed by atoms with E-state index in [0.29, 0.717) is 22.8 Å². The minimum absolute atomic E-state index is 0.128. The molecule has 1 aromatic heterocycles. The number of halogens is 1. The van der Waals surface area contributed by atoms with Crippen LogP contribution >= 0.6 is 11.6 Å². The van der Waals surface area contributed by atoms with Crippen molar-refractivity contribution in [2.24, 2.45) is 5.92 Å². The highest BCUT2D eigenvalue weighted by atomic mass is 35.5. The number of tetrazole rings is 1. The van der Waals surface area contributed by atoms with Crippen molar-refractivity contribution in [3.63, 3.8) is 0 Å². The summed E-state index contributed by atoms with van der Waals surface area (Å²) in [5.41, 5.74) is 1.07. The smallest absolute Gasteiger partial charge is 0.252 e. The van der Waals surface area contributed by atoms with E-state index < -0.39 is 0 Å². The van der Waals surface area contributed by atoms with Gasteiger partial charge in [-0.1, -0.05) is 18.0 Å². The summed E-state index contributed by atoms with van der Waals surface area (Å²) in [6.07, 6.45) is 3.88. The first-order valence-corrected chi connectivity index (χ1v) is 7.52. The highest BCUT2D eigenvalue weighted by molar-refractivity contribution is 6.34. The molecule has 8 heteroatoms. The molecule has 2 unspecified atom stereocenters. The first-order chi connectivity index (χ1) is 10.6. The van der Waals surface area contributed by atoms with Crippen LogP contribution in [0.4, 0.5) is 0 Å². The molecule has 7 nitrogen and oxygen atoms in total. The third kappa shape index (κ3) is 3.10. The van der Waals surface area contributed by atoms with Gasteiger partial charge < -0.3 is 10.4 Å². The van der Waals surface area contributed by atoms with Crippen molar-refractivity contribution in [3.8, 4) is 5.69 Å². The van der Waals surface area contributed by atoms with Crippen molar-refractivity contribution >= 4 is 17.5 Å². The molecule has 2 atom stereocenters. The van der Waals surface area contributed by atoms with Crippen LogP contribution in [0.2, 0.25) is 5.02 Å². The Hall–Kier alpha value is -1.99. The molecule has 0 bridgehead atoms. The summed E-state index contributed by atoms with van der Waals surface area (Å²) < 4.78 is 1.46. The predicted octanol–water partition coefficient (Wildman–Crippen LogP) is 1.21. The standard InChI is InChI=1S/C14H16ClN5O2/c15-12-6-10(20-8-17-18-19-20)4-5-11(12)14(22)16-7-9-2-1-3-13(9)21/h4-6,8-9,13,21H,1-3,7H2,(H,16,22). The number of nitrogens with zero attached hydrogens (tertiary/aromatic N) is 4. The van der Waals surface area contributed by atoms with Crippen molar-refractivity contribution in [2.45, 2.75) is 25.4 Å². The molecule has 0 spiro atoms. The number of hydrogen-bond donors (Lipinski definition) is 2. The summed E-state index contributed by atoms with van der Waals surface area (Å²) in [6.45, 7) is 0.463. The van der Waals surface area contributed by atoms with Crippen molar-refractivity contribution in [3.05, 3.63) is 35.1 Å². The molecule has 1 aliphatic carbocycles. The Kier molecular flexibility index (Phi) is 4.35. The molecule has 1 saturated carbocycles. The van der Waals surface area contributed by atoms with Crippen LogP contribution in [0.15, 0.2) is 24.5 Å². The van der Waals surface area contributed by atoms with E-state index in [9.17, 15) is 9.90 Å². The maximum absolute atomic E-state index is 12.2. The van der Waals surface area contributed by atoms with Crippen LogP contribution in [-0.2, 0) is 0 Å². The fourth-order valence-electron chi connectivity index (χ4n) is 2.68. The zero-order chi connectivity index (χ0) is 15.5. The number of carbonyl (C=O) groups excluding carboxylic acids is 1. The van der Waals surface area contributed by atoms with Gasteiger partial charge in [-0.2, -0.15) is 0 Å². The molecule has 0 radical (unpaired) electrons. The largest absolute Gasteiger partial charge is 0.393 e. The number of aromatic nitrogens is 4. The number of carbonyl (C=O) groups is 1. The van der Waals surface area contributed by atoms with Gasteiger partial charge in [-0.3, -0.25) is 4.79 Å². The summed E-state index contributed by atoms with van der Waals surface area (Å²) in [5.74, 6) is -0.115. The van der Waals surface area contributed by atoms with Crippen LogP contribution < -0.4 is 5.32 Å². The molecule has 1 heterocycles. The topological polar surface area (TPSA) is 92.9 Å². The summed E-state index contributed by atoms with van der Waals surface area (Å²) in [4.78, 5) is 12.2. The van der Waals surface area contributed by atoms with Gasteiger partial charge in [0.15, 0.2) is 0 Å². The fraction of sp³-hybridized carbons (Fsp3) is 0.429. The van der Waals surface area contributed by atoms with E-state index in [1.807, 2.05) is 0 Å². The first kappa shape index (κ1) is 14.9. The van der Waals surface area contributed by atoms with Gasteiger partial charge in [0.2, 0.25) is 0 Å². The van der Waals surface area contributed by atoms with Gasteiger partial charge in [-0.25, -0.2) is 4.68 Å². The van der Waals surface area contributed by atoms with Crippen LogP contribution in [0.25, 0.3) is 5.69 Å². The first-order valence-electron chi connectivity index (χ1n) is 7.14. The quantitative estimate of drug-likeness (QED) is 0.883. The Morgan fingerprint density at radius 2 is 2.32 bits per heavy atom. The van der Waals surface area contributed by atoms with E-state index in [4.69, 9.17) is 11.6 Å². The molecule has 0 aliphatic heterocycles. The summed E-state index contributed by atoms with van der Waals surface area (Å²) >= 11 is 6.17. The minimum Gasteiger partial charge on any atom is -0.393 e. The van der Waals surface area contributed by atoms with Crippen molar-refractivity contribution in [1.82, 2.24) is 25.5 Å². The van der Waals surface area contributed by atoms with Crippen molar-refractivity contribution < 1.29 is 9.90 Å². The Labute approximate surface area is 132 Å². The molecule has 0 saturated heterocycles. The van der Waals surface area contributed by atoms with E-state index in [1.165, 1.54) is 11.0 Å². The lowest BCUT2D eigenvalue weighted by Crippen LogP contribution is -2.32. The van der Waals surface area contributed by atoms with Crippen LogP contribution in [0.5, 0.6) is 0 Å². The zero-order valence-electron chi connectivity index (χ0n) is 11.8. The SMILES string of the molecule is O=C(NCC1CCCC1O)c1ccc(-n2cnnn2)cc1Cl. The summed E-state index contributed by atoms with van der Waals surface area (Å²) in [6, 6.07) is 5.00. The maximum Gasteiger partial charge on any atom is 0.252 e. The molecule has 1 fully saturated rings. The molecule has 1 aromatic carbocycles. The van der Waals surface area contributed by atoms with E-state index >= 15 is 0 Å². The average molecular weight is 322 g/mol. The van der Waals surface area contributed by atoms with Crippen LogP contribution in [0.1, 0.15) is 29.6 Å². The Morgan fingerprint density at radius 3 is 2.95 bits per heavy atom. The van der Waals surface area contributed by atoms with E-state index in [2.05, 4.69) is 20.8 Å². The lowest BCUT2D eigenvalue weighted by atomic mass is 10.1. The Bertz CT molecular complexity index is 661. The third-order valence-corrected chi connectivity index (χ3v) is 4.27. The number of hydrogen-bond acceptors (Lipinski definition) is 5. The number of nitrogens with one attached hydrogen (secondary N) is 1. The molecular formula is C14H16ClN5O2. The molecular weight excluding hydrogens is 306 g/mol. The lowest BCUT2D eigenvalue weighted by Gasteiger charge is -2.15. The van der Waals surface area contributed by atoms with Crippen molar-refractivity contribution in [1.29, 1.82) is 0 Å². The Morgan fingerprint density at radius 1 is 1.45 bits per heavy atom. The van der Waals surface area contributed by atoms with E-state index in [1.54, 1.807) is 18.2 Å². The minimum atomic E-state index is -0.321. The molecule has 3 rings (SSSR count). The average Bonchev–Trinajstić information content (AvgIpc) is 3.16. The van der Waals surface area contributed by atoms with Gasteiger partial charge >= 0.3 is 0 Å². The van der Waals surface area contributed by atoms with Crippen molar-refractivity contribution in [2.75, 3.05) is 6.54 Å². The number of benzene rings is 1. The van der Waals surface area contributed by atoms with Gasteiger partial charge in [-0.05, 0) is 41.5 Å². The normalized spacial score (nSPS) is 21.0. The third-order valence-electron chi connectivity index (χ3n) is 3.95. The number of aliphatic hydroxyl groups excluding tert-OH is 1. The molecule has 2 aromatic rings.